The van der Waals surface area contributed by atoms with Crippen LogP contribution in [0.4, 0.5) is 4.39 Å². The molecule has 0 spiro atoms. The topological polar surface area (TPSA) is 87.7 Å². The molecule has 0 heterocycles. The van der Waals surface area contributed by atoms with E-state index in [1.54, 1.807) is 30.3 Å². The number of aryl methyl sites for hydroxylation is 1. The van der Waals surface area contributed by atoms with Crippen LogP contribution in [0.5, 0.6) is 0 Å². The molecular formula is C30H28FN3O2. The van der Waals surface area contributed by atoms with Crippen LogP contribution < -0.4 is 11.1 Å². The van der Waals surface area contributed by atoms with Crippen LogP contribution in [-0.4, -0.2) is 17.5 Å². The first kappa shape index (κ1) is 24.7. The number of carbonyl (C=O) groups is 1. The van der Waals surface area contributed by atoms with Gasteiger partial charge in [-0.05, 0) is 59.2 Å². The minimum absolute atomic E-state index is 0.0693. The summed E-state index contributed by atoms with van der Waals surface area (Å²) >= 11 is 0. The third-order valence-corrected chi connectivity index (χ3v) is 6.26. The summed E-state index contributed by atoms with van der Waals surface area (Å²) in [7, 11) is 0. The Bertz CT molecular complexity index is 1400. The molecule has 0 atom stereocenters. The Morgan fingerprint density at radius 1 is 0.944 bits per heavy atom. The highest BCUT2D eigenvalue weighted by Crippen LogP contribution is 2.32. The number of benzene rings is 4. The minimum Gasteiger partial charge on any atom is -0.409 e. The second-order valence-electron chi connectivity index (χ2n) is 8.77. The molecule has 0 radical (unpaired) electrons. The maximum atomic E-state index is 14.0. The molecule has 4 aromatic carbocycles. The monoisotopic (exact) mass is 481 g/mol. The fourth-order valence-corrected chi connectivity index (χ4v) is 4.34. The van der Waals surface area contributed by atoms with Gasteiger partial charge in [-0.3, -0.25) is 4.79 Å². The first-order chi connectivity index (χ1) is 17.5. The maximum Gasteiger partial charge on any atom is 0.207 e. The fourth-order valence-electron chi connectivity index (χ4n) is 4.34. The highest BCUT2D eigenvalue weighted by molar-refractivity contribution is 5.96. The number of carbonyl (C=O) groups excluding carboxylic acids is 1. The summed E-state index contributed by atoms with van der Waals surface area (Å²) in [5.74, 6) is -0.0885. The molecule has 182 valence electrons. The van der Waals surface area contributed by atoms with Crippen molar-refractivity contribution in [1.82, 2.24) is 5.32 Å². The first-order valence-electron chi connectivity index (χ1n) is 11.7. The van der Waals surface area contributed by atoms with E-state index in [4.69, 9.17) is 10.9 Å². The van der Waals surface area contributed by atoms with Gasteiger partial charge in [-0.25, -0.2) is 4.39 Å². The number of hydrogen-bond acceptors (Lipinski definition) is 3. The van der Waals surface area contributed by atoms with Gasteiger partial charge in [-0.1, -0.05) is 89.6 Å². The van der Waals surface area contributed by atoms with Gasteiger partial charge in [-0.15, -0.1) is 0 Å². The van der Waals surface area contributed by atoms with Crippen LogP contribution in [0.15, 0.2) is 90.1 Å². The molecular weight excluding hydrogens is 453 g/mol. The van der Waals surface area contributed by atoms with E-state index in [1.165, 1.54) is 33.9 Å². The average Bonchev–Trinajstić information content (AvgIpc) is 2.91. The average molecular weight is 482 g/mol. The van der Waals surface area contributed by atoms with Crippen LogP contribution in [0.25, 0.3) is 11.1 Å². The van der Waals surface area contributed by atoms with E-state index in [9.17, 15) is 9.18 Å². The van der Waals surface area contributed by atoms with Crippen molar-refractivity contribution < 1.29 is 14.4 Å². The van der Waals surface area contributed by atoms with E-state index in [-0.39, 0.29) is 11.7 Å². The highest BCUT2D eigenvalue weighted by Gasteiger charge is 2.16. The Kier molecular flexibility index (Phi) is 7.75. The molecule has 1 aliphatic carbocycles. The van der Waals surface area contributed by atoms with Gasteiger partial charge in [0, 0.05) is 17.7 Å². The second kappa shape index (κ2) is 11.3. The van der Waals surface area contributed by atoms with Crippen LogP contribution in [0, 0.1) is 12.7 Å². The molecule has 0 fully saturated rings. The molecule has 6 heteroatoms. The number of nitrogens with one attached hydrogen (secondary N) is 1. The lowest BCUT2D eigenvalue weighted by Gasteiger charge is -2.21. The number of oxime groups is 1. The van der Waals surface area contributed by atoms with E-state index >= 15 is 0 Å². The molecule has 4 aromatic rings. The molecule has 5 rings (SSSR count). The Morgan fingerprint density at radius 2 is 1.61 bits per heavy atom. The molecule has 36 heavy (non-hydrogen) atoms. The molecule has 5 nitrogen and oxygen atoms in total. The van der Waals surface area contributed by atoms with Gasteiger partial charge in [0.15, 0.2) is 5.84 Å². The normalized spacial score (nSPS) is 12.0. The number of hydrogen-bond donors (Lipinski definition) is 3. The number of amidine groups is 1. The van der Waals surface area contributed by atoms with Crippen LogP contribution in [-0.2, 0) is 24.2 Å². The summed E-state index contributed by atoms with van der Waals surface area (Å²) < 4.78 is 14.0. The van der Waals surface area contributed by atoms with Crippen molar-refractivity contribution >= 4 is 12.2 Å². The van der Waals surface area contributed by atoms with Crippen molar-refractivity contribution in [1.29, 1.82) is 0 Å². The summed E-state index contributed by atoms with van der Waals surface area (Å²) in [5, 5.41) is 13.8. The first-order valence-corrected chi connectivity index (χ1v) is 11.7. The molecule has 0 unspecified atom stereocenters. The van der Waals surface area contributed by atoms with Crippen molar-refractivity contribution in [2.45, 2.75) is 26.3 Å². The summed E-state index contributed by atoms with van der Waals surface area (Å²) in [6.07, 6.45) is 2.55. The highest BCUT2D eigenvalue weighted by atomic mass is 19.1. The van der Waals surface area contributed by atoms with E-state index in [1.807, 2.05) is 18.2 Å². The van der Waals surface area contributed by atoms with Crippen molar-refractivity contribution in [3.8, 4) is 11.1 Å². The third kappa shape index (κ3) is 5.78. The zero-order valence-corrected chi connectivity index (χ0v) is 20.0. The number of fused-ring (bicyclic) bond motifs is 2. The molecule has 1 aliphatic rings. The summed E-state index contributed by atoms with van der Waals surface area (Å²) in [5.41, 5.74) is 15.4. The molecule has 0 bridgehead atoms. The van der Waals surface area contributed by atoms with Crippen molar-refractivity contribution in [3.05, 3.63) is 130 Å². The van der Waals surface area contributed by atoms with E-state index in [2.05, 4.69) is 47.7 Å². The van der Waals surface area contributed by atoms with Gasteiger partial charge in [0.25, 0.3) is 0 Å². The van der Waals surface area contributed by atoms with Gasteiger partial charge in [0.1, 0.15) is 5.82 Å². The second-order valence-corrected chi connectivity index (χ2v) is 8.77. The Hall–Kier alpha value is -4.45. The van der Waals surface area contributed by atoms with E-state index in [0.717, 1.165) is 24.0 Å². The van der Waals surface area contributed by atoms with Crippen LogP contribution in [0.3, 0.4) is 0 Å². The van der Waals surface area contributed by atoms with Crippen LogP contribution >= 0.6 is 0 Å². The zero-order valence-electron chi connectivity index (χ0n) is 20.0. The predicted octanol–water partition coefficient (Wildman–Crippen LogP) is 5.32. The van der Waals surface area contributed by atoms with E-state index < -0.39 is 0 Å². The smallest absolute Gasteiger partial charge is 0.207 e. The molecule has 4 N–H and O–H groups in total. The lowest BCUT2D eigenvalue weighted by Crippen LogP contribution is -2.13. The lowest BCUT2D eigenvalue weighted by molar-refractivity contribution is -0.109. The largest absolute Gasteiger partial charge is 0.409 e. The van der Waals surface area contributed by atoms with Gasteiger partial charge >= 0.3 is 0 Å². The Balaban J connectivity index is 0.000000189. The van der Waals surface area contributed by atoms with Gasteiger partial charge in [0.05, 0.1) is 0 Å². The van der Waals surface area contributed by atoms with Crippen molar-refractivity contribution in [2.75, 3.05) is 0 Å². The summed E-state index contributed by atoms with van der Waals surface area (Å²) in [6.45, 7) is 2.60. The molecule has 0 aliphatic heterocycles. The standard InChI is InChI=1S/C21H17F.C9H11N3O2/c1-14-6-7-15-11-16-8-9-17(12-19(16)13-18(15)10-14)20-4-2-3-5-21(20)22;10-9(12-14)8-3-1-7(2-4-8)5-11-6-13/h2-10,12H,11,13H2,1H3;1-4,6,14H,5H2,(H2,10,12)(H,11,13). The molecule has 0 saturated carbocycles. The predicted molar refractivity (Wildman–Crippen MR) is 140 cm³/mol. The van der Waals surface area contributed by atoms with Crippen LogP contribution in [0.2, 0.25) is 0 Å². The number of rotatable bonds is 5. The number of nitrogens with zero attached hydrogens (tertiary/aromatic N) is 1. The SMILES string of the molecule is Cc1ccc2c(c1)Cc1cc(-c3ccccc3F)ccc1C2.N/C(=N\O)c1ccc(CNC=O)cc1. The van der Waals surface area contributed by atoms with Gasteiger partial charge in [0.2, 0.25) is 6.41 Å². The van der Waals surface area contributed by atoms with Gasteiger partial charge < -0.3 is 16.3 Å². The Morgan fingerprint density at radius 3 is 2.31 bits per heavy atom. The Labute approximate surface area is 210 Å². The number of halogens is 1. The molecule has 0 aromatic heterocycles. The molecule has 1 amide bonds. The lowest BCUT2D eigenvalue weighted by atomic mass is 9.84. The van der Waals surface area contributed by atoms with Crippen molar-refractivity contribution in [3.63, 3.8) is 0 Å². The minimum atomic E-state index is -0.158. The quantitative estimate of drug-likeness (QED) is 0.104. The fraction of sp³-hybridized carbons (Fsp3) is 0.133. The maximum absolute atomic E-state index is 14.0. The third-order valence-electron chi connectivity index (χ3n) is 6.26. The zero-order chi connectivity index (χ0) is 25.5. The van der Waals surface area contributed by atoms with E-state index in [0.29, 0.717) is 24.1 Å². The summed E-state index contributed by atoms with van der Waals surface area (Å²) in [6, 6.07) is 27.0. The van der Waals surface area contributed by atoms with Crippen LogP contribution in [0.1, 0.15) is 38.9 Å². The van der Waals surface area contributed by atoms with Gasteiger partial charge in [-0.2, -0.15) is 0 Å². The summed E-state index contributed by atoms with van der Waals surface area (Å²) in [4.78, 5) is 10.0. The number of nitrogens with two attached hydrogens (primary N) is 1. The van der Waals surface area contributed by atoms with Crippen molar-refractivity contribution in [2.24, 2.45) is 10.9 Å². The molecule has 0 saturated heterocycles. The number of amides is 1.